The maximum absolute atomic E-state index is 11.8. The molecule has 0 radical (unpaired) electrons. The highest BCUT2D eigenvalue weighted by atomic mass is 16.5. The molecule has 19 heavy (non-hydrogen) atoms. The van der Waals surface area contributed by atoms with Crippen LogP contribution in [0.5, 0.6) is 0 Å². The fraction of sp³-hybridized carbons (Fsp3) is 0.333. The van der Waals surface area contributed by atoms with Gasteiger partial charge in [0, 0.05) is 19.7 Å². The smallest absolute Gasteiger partial charge is 0.338 e. The number of allylic oxidation sites excluding steroid dienone is 1. The molecule has 0 aromatic heterocycles. The van der Waals surface area contributed by atoms with E-state index in [1.807, 2.05) is 13.0 Å². The number of nitrogens with zero attached hydrogens (tertiary/aromatic N) is 1. The molecule has 0 aliphatic carbocycles. The number of ether oxygens (including phenoxy) is 1. The van der Waals surface area contributed by atoms with Crippen molar-refractivity contribution in [1.29, 1.82) is 0 Å². The van der Waals surface area contributed by atoms with E-state index in [2.05, 4.69) is 0 Å². The Hall–Kier alpha value is -2.10. The van der Waals surface area contributed by atoms with Gasteiger partial charge in [-0.25, -0.2) is 4.79 Å². The van der Waals surface area contributed by atoms with Gasteiger partial charge < -0.3 is 9.64 Å². The summed E-state index contributed by atoms with van der Waals surface area (Å²) in [5, 5.41) is 0. The van der Waals surface area contributed by atoms with E-state index in [-0.39, 0.29) is 12.5 Å². The molecular weight excluding hydrogens is 242 g/mol. The van der Waals surface area contributed by atoms with Crippen LogP contribution in [0.15, 0.2) is 36.4 Å². The van der Waals surface area contributed by atoms with E-state index in [0.29, 0.717) is 11.1 Å². The first-order chi connectivity index (χ1) is 9.06. The van der Waals surface area contributed by atoms with Gasteiger partial charge in [-0.3, -0.25) is 4.79 Å². The molecule has 0 heterocycles. The van der Waals surface area contributed by atoms with E-state index in [1.165, 1.54) is 4.90 Å². The first-order valence-electron chi connectivity index (χ1n) is 6.20. The van der Waals surface area contributed by atoms with E-state index < -0.39 is 5.97 Å². The van der Waals surface area contributed by atoms with Crippen LogP contribution in [-0.4, -0.2) is 37.5 Å². The van der Waals surface area contributed by atoms with Gasteiger partial charge in [0.25, 0.3) is 5.91 Å². The second kappa shape index (κ2) is 7.36. The number of esters is 1. The molecule has 0 fully saturated rings. The SMILES string of the molecule is CCC=CCOC(=O)c1cccc(C(=O)N(C)C)c1. The number of carbonyl (C=O) groups excluding carboxylic acids is 2. The number of carbonyl (C=O) groups is 2. The quantitative estimate of drug-likeness (QED) is 0.604. The summed E-state index contributed by atoms with van der Waals surface area (Å²) < 4.78 is 5.07. The van der Waals surface area contributed by atoms with Crippen molar-refractivity contribution in [1.82, 2.24) is 4.90 Å². The Morgan fingerprint density at radius 3 is 2.53 bits per heavy atom. The minimum atomic E-state index is -0.422. The van der Waals surface area contributed by atoms with Crippen molar-refractivity contribution in [2.45, 2.75) is 13.3 Å². The molecule has 4 heteroatoms. The summed E-state index contributed by atoms with van der Waals surface area (Å²) in [7, 11) is 3.34. The molecule has 0 unspecified atom stereocenters. The zero-order valence-corrected chi connectivity index (χ0v) is 11.6. The average molecular weight is 261 g/mol. The third-order valence-corrected chi connectivity index (χ3v) is 2.46. The number of amides is 1. The van der Waals surface area contributed by atoms with E-state index in [4.69, 9.17) is 4.74 Å². The number of hydrogen-bond donors (Lipinski definition) is 0. The Morgan fingerprint density at radius 1 is 1.21 bits per heavy atom. The van der Waals surface area contributed by atoms with Crippen LogP contribution < -0.4 is 0 Å². The molecule has 1 aromatic rings. The van der Waals surface area contributed by atoms with Gasteiger partial charge in [-0.05, 0) is 24.6 Å². The van der Waals surface area contributed by atoms with Gasteiger partial charge in [-0.15, -0.1) is 0 Å². The van der Waals surface area contributed by atoms with Crippen molar-refractivity contribution in [3.05, 3.63) is 47.5 Å². The minimum Gasteiger partial charge on any atom is -0.458 e. The molecule has 1 rings (SSSR count). The predicted molar refractivity (Wildman–Crippen MR) is 74.2 cm³/mol. The maximum Gasteiger partial charge on any atom is 0.338 e. The molecule has 0 atom stereocenters. The van der Waals surface area contributed by atoms with Crippen LogP contribution in [0.1, 0.15) is 34.1 Å². The lowest BCUT2D eigenvalue weighted by atomic mass is 10.1. The maximum atomic E-state index is 11.8. The summed E-state index contributed by atoms with van der Waals surface area (Å²) in [5.74, 6) is -0.560. The van der Waals surface area contributed by atoms with Crippen LogP contribution in [0.25, 0.3) is 0 Å². The van der Waals surface area contributed by atoms with Gasteiger partial charge in [-0.2, -0.15) is 0 Å². The largest absolute Gasteiger partial charge is 0.458 e. The first kappa shape index (κ1) is 15.0. The Labute approximate surface area is 113 Å². The molecule has 0 saturated carbocycles. The molecule has 0 bridgehead atoms. The van der Waals surface area contributed by atoms with Gasteiger partial charge in [0.05, 0.1) is 5.56 Å². The second-order valence-electron chi connectivity index (χ2n) is 4.26. The van der Waals surface area contributed by atoms with Crippen LogP contribution in [0.2, 0.25) is 0 Å². The van der Waals surface area contributed by atoms with Crippen molar-refractivity contribution >= 4 is 11.9 Å². The second-order valence-corrected chi connectivity index (χ2v) is 4.26. The molecule has 1 amide bonds. The third kappa shape index (κ3) is 4.58. The van der Waals surface area contributed by atoms with Crippen LogP contribution in [-0.2, 0) is 4.74 Å². The highest BCUT2D eigenvalue weighted by Gasteiger charge is 2.12. The van der Waals surface area contributed by atoms with Crippen molar-refractivity contribution in [2.24, 2.45) is 0 Å². The zero-order valence-electron chi connectivity index (χ0n) is 11.6. The van der Waals surface area contributed by atoms with Crippen LogP contribution in [0.4, 0.5) is 0 Å². The predicted octanol–water partition coefficient (Wildman–Crippen LogP) is 2.51. The fourth-order valence-electron chi connectivity index (χ4n) is 1.48. The van der Waals surface area contributed by atoms with Crippen LogP contribution in [0, 0.1) is 0 Å². The van der Waals surface area contributed by atoms with Gasteiger partial charge in [0.2, 0.25) is 0 Å². The summed E-state index contributed by atoms with van der Waals surface area (Å²) in [6.07, 6.45) is 4.64. The Bertz CT molecular complexity index is 478. The van der Waals surface area contributed by atoms with Crippen molar-refractivity contribution in [3.8, 4) is 0 Å². The van der Waals surface area contributed by atoms with E-state index in [1.54, 1.807) is 44.4 Å². The van der Waals surface area contributed by atoms with E-state index >= 15 is 0 Å². The monoisotopic (exact) mass is 261 g/mol. The molecule has 102 valence electrons. The van der Waals surface area contributed by atoms with Crippen molar-refractivity contribution in [2.75, 3.05) is 20.7 Å². The van der Waals surface area contributed by atoms with Crippen molar-refractivity contribution < 1.29 is 14.3 Å². The number of benzene rings is 1. The lowest BCUT2D eigenvalue weighted by molar-refractivity contribution is 0.0549. The van der Waals surface area contributed by atoms with Gasteiger partial charge in [0.1, 0.15) is 6.61 Å². The average Bonchev–Trinajstić information content (AvgIpc) is 2.42. The Kier molecular flexibility index (Phi) is 5.79. The van der Waals surface area contributed by atoms with Crippen LogP contribution in [0.3, 0.4) is 0 Å². The van der Waals surface area contributed by atoms with Gasteiger partial charge in [0.15, 0.2) is 0 Å². The van der Waals surface area contributed by atoms with E-state index in [9.17, 15) is 9.59 Å². The molecule has 0 aliphatic rings. The Morgan fingerprint density at radius 2 is 1.89 bits per heavy atom. The lowest BCUT2D eigenvalue weighted by Crippen LogP contribution is -2.22. The summed E-state index contributed by atoms with van der Waals surface area (Å²) in [6.45, 7) is 2.26. The van der Waals surface area contributed by atoms with E-state index in [0.717, 1.165) is 6.42 Å². The molecule has 4 nitrogen and oxygen atoms in total. The molecule has 1 aromatic carbocycles. The van der Waals surface area contributed by atoms with Crippen molar-refractivity contribution in [3.63, 3.8) is 0 Å². The lowest BCUT2D eigenvalue weighted by Gasteiger charge is -2.10. The standard InChI is InChI=1S/C15H19NO3/c1-4-5-6-10-19-15(18)13-9-7-8-12(11-13)14(17)16(2)3/h5-9,11H,4,10H2,1-3H3. The highest BCUT2D eigenvalue weighted by Crippen LogP contribution is 2.08. The highest BCUT2D eigenvalue weighted by molar-refractivity contribution is 5.97. The number of rotatable bonds is 5. The van der Waals surface area contributed by atoms with Gasteiger partial charge >= 0.3 is 5.97 Å². The summed E-state index contributed by atoms with van der Waals surface area (Å²) in [6, 6.07) is 6.54. The summed E-state index contributed by atoms with van der Waals surface area (Å²) in [4.78, 5) is 25.0. The fourth-order valence-corrected chi connectivity index (χ4v) is 1.48. The first-order valence-corrected chi connectivity index (χ1v) is 6.20. The molecule has 0 spiro atoms. The number of hydrogen-bond acceptors (Lipinski definition) is 3. The van der Waals surface area contributed by atoms with Crippen LogP contribution >= 0.6 is 0 Å². The topological polar surface area (TPSA) is 46.6 Å². The molecule has 0 aliphatic heterocycles. The summed E-state index contributed by atoms with van der Waals surface area (Å²) in [5.41, 5.74) is 0.862. The summed E-state index contributed by atoms with van der Waals surface area (Å²) >= 11 is 0. The Balaban J connectivity index is 2.73. The zero-order chi connectivity index (χ0) is 14.3. The molecule has 0 saturated heterocycles. The molecule has 0 N–H and O–H groups in total. The third-order valence-electron chi connectivity index (χ3n) is 2.46. The normalized spacial score (nSPS) is 10.5. The van der Waals surface area contributed by atoms with Gasteiger partial charge in [-0.1, -0.05) is 25.1 Å². The minimum absolute atomic E-state index is 0.138. The molecular formula is C15H19NO3.